The van der Waals surface area contributed by atoms with E-state index in [1.54, 1.807) is 6.20 Å². The number of nitrogens with one attached hydrogen (secondary N) is 1. The molecule has 2 rings (SSSR count). The maximum absolute atomic E-state index is 11.6. The molecule has 0 unspecified atom stereocenters. The predicted octanol–water partition coefficient (Wildman–Crippen LogP) is 3.11. The predicted molar refractivity (Wildman–Crippen MR) is 74.6 cm³/mol. The van der Waals surface area contributed by atoms with E-state index >= 15 is 0 Å². The summed E-state index contributed by atoms with van der Waals surface area (Å²) in [6.07, 6.45) is 1.54. The molecule has 3 nitrogen and oxygen atoms in total. The molecule has 0 aliphatic rings. The van der Waals surface area contributed by atoms with E-state index in [4.69, 9.17) is 16.3 Å². The molecule has 0 aliphatic heterocycles. The van der Waals surface area contributed by atoms with Gasteiger partial charge in [-0.15, -0.1) is 24.0 Å². The third-order valence-corrected chi connectivity index (χ3v) is 2.61. The van der Waals surface area contributed by atoms with Crippen molar-refractivity contribution in [1.82, 2.24) is 4.98 Å². The Kier molecular flexibility index (Phi) is 5.75. The Bertz CT molecular complexity index is 540. The van der Waals surface area contributed by atoms with Crippen LogP contribution in [0.25, 0.3) is 0 Å². The zero-order valence-corrected chi connectivity index (χ0v) is 11.1. The molecule has 96 valence electrons. The highest BCUT2D eigenvalue weighted by molar-refractivity contribution is 6.16. The average Bonchev–Trinajstić information content (AvgIpc) is 2.38. The number of aromatic nitrogens is 1. The molecule has 0 amide bonds. The summed E-state index contributed by atoms with van der Waals surface area (Å²) < 4.78 is 5.44. The molecule has 0 aliphatic carbocycles. The van der Waals surface area contributed by atoms with Crippen molar-refractivity contribution in [2.45, 2.75) is 12.5 Å². The minimum atomic E-state index is -0.157. The number of ether oxygens (including phenoxy) is 1. The Labute approximate surface area is 116 Å². The fourth-order valence-electron chi connectivity index (χ4n) is 1.43. The van der Waals surface area contributed by atoms with E-state index in [0.29, 0.717) is 18.1 Å². The molecular formula is C13H13Cl2NO2. The average molecular weight is 286 g/mol. The van der Waals surface area contributed by atoms with Crippen LogP contribution < -0.4 is 10.2 Å². The summed E-state index contributed by atoms with van der Waals surface area (Å²) in [5, 5.41) is 0. The Morgan fingerprint density at radius 1 is 1.22 bits per heavy atom. The van der Waals surface area contributed by atoms with Crippen molar-refractivity contribution in [1.29, 1.82) is 0 Å². The van der Waals surface area contributed by atoms with Gasteiger partial charge in [-0.05, 0) is 5.56 Å². The van der Waals surface area contributed by atoms with Gasteiger partial charge in [0, 0.05) is 18.0 Å². The minimum absolute atomic E-state index is 0. The molecule has 5 heteroatoms. The molecule has 2 aromatic rings. The summed E-state index contributed by atoms with van der Waals surface area (Å²) in [5.41, 5.74) is 1.55. The molecule has 1 aromatic carbocycles. The van der Waals surface area contributed by atoms with Crippen molar-refractivity contribution >= 4 is 24.0 Å². The molecule has 0 spiro atoms. The summed E-state index contributed by atoms with van der Waals surface area (Å²) >= 11 is 5.61. The second-order valence-corrected chi connectivity index (χ2v) is 3.86. The van der Waals surface area contributed by atoms with E-state index in [-0.39, 0.29) is 23.7 Å². The van der Waals surface area contributed by atoms with Crippen LogP contribution in [0.15, 0.2) is 47.4 Å². The van der Waals surface area contributed by atoms with Gasteiger partial charge in [0.1, 0.15) is 6.61 Å². The standard InChI is InChI=1S/C13H12ClNO2.ClH/c14-7-11-6-12(16)13(8-15-11)17-9-10-4-2-1-3-5-10;/h1-6,8H,7,9H2,(H,15,16);1H. The summed E-state index contributed by atoms with van der Waals surface area (Å²) in [5.74, 6) is 0.594. The van der Waals surface area contributed by atoms with Gasteiger partial charge < -0.3 is 9.72 Å². The zero-order valence-electron chi connectivity index (χ0n) is 9.56. The summed E-state index contributed by atoms with van der Waals surface area (Å²) in [6.45, 7) is 0.379. The van der Waals surface area contributed by atoms with Gasteiger partial charge in [0.25, 0.3) is 0 Å². The van der Waals surface area contributed by atoms with Gasteiger partial charge in [-0.1, -0.05) is 30.3 Å². The number of hydrogen-bond acceptors (Lipinski definition) is 2. The maximum Gasteiger partial charge on any atom is 0.223 e. The highest BCUT2D eigenvalue weighted by atomic mass is 35.5. The van der Waals surface area contributed by atoms with Gasteiger partial charge >= 0.3 is 0 Å². The minimum Gasteiger partial charge on any atom is -0.483 e. The Morgan fingerprint density at radius 3 is 2.56 bits per heavy atom. The van der Waals surface area contributed by atoms with Crippen LogP contribution in [0, 0.1) is 0 Å². The monoisotopic (exact) mass is 285 g/mol. The fourth-order valence-corrected chi connectivity index (χ4v) is 1.58. The fraction of sp³-hybridized carbons (Fsp3) is 0.154. The lowest BCUT2D eigenvalue weighted by Gasteiger charge is -2.05. The number of pyridine rings is 1. The van der Waals surface area contributed by atoms with Crippen molar-refractivity contribution in [3.05, 3.63) is 64.1 Å². The lowest BCUT2D eigenvalue weighted by atomic mass is 10.2. The van der Waals surface area contributed by atoms with Crippen LogP contribution in [0.3, 0.4) is 0 Å². The smallest absolute Gasteiger partial charge is 0.223 e. The van der Waals surface area contributed by atoms with Crippen LogP contribution in [0.1, 0.15) is 11.3 Å². The van der Waals surface area contributed by atoms with E-state index in [1.165, 1.54) is 6.07 Å². The molecule has 1 heterocycles. The number of halogens is 2. The van der Waals surface area contributed by atoms with Gasteiger partial charge in [0.15, 0.2) is 5.75 Å². The molecule has 0 radical (unpaired) electrons. The van der Waals surface area contributed by atoms with E-state index in [9.17, 15) is 4.79 Å². The number of H-pyrrole nitrogens is 1. The molecule has 0 bridgehead atoms. The first-order chi connectivity index (χ1) is 8.29. The van der Waals surface area contributed by atoms with Gasteiger partial charge in [0.2, 0.25) is 5.43 Å². The second kappa shape index (κ2) is 7.09. The van der Waals surface area contributed by atoms with Crippen molar-refractivity contribution in [3.8, 4) is 5.75 Å². The number of alkyl halides is 1. The Morgan fingerprint density at radius 2 is 1.94 bits per heavy atom. The number of hydrogen-bond donors (Lipinski definition) is 1. The molecule has 1 aromatic heterocycles. The van der Waals surface area contributed by atoms with E-state index in [1.807, 2.05) is 30.3 Å². The first kappa shape index (κ1) is 14.6. The van der Waals surface area contributed by atoms with Crippen molar-refractivity contribution < 1.29 is 4.74 Å². The van der Waals surface area contributed by atoms with Gasteiger partial charge in [0.05, 0.1) is 5.88 Å². The van der Waals surface area contributed by atoms with Crippen molar-refractivity contribution in [3.63, 3.8) is 0 Å². The number of rotatable bonds is 4. The molecule has 0 saturated carbocycles. The van der Waals surface area contributed by atoms with Crippen LogP contribution in [0.2, 0.25) is 0 Å². The first-order valence-corrected chi connectivity index (χ1v) is 5.77. The van der Waals surface area contributed by atoms with Crippen LogP contribution in [-0.2, 0) is 12.5 Å². The first-order valence-electron chi connectivity index (χ1n) is 5.24. The molecular weight excluding hydrogens is 273 g/mol. The summed E-state index contributed by atoms with van der Waals surface area (Å²) in [4.78, 5) is 14.5. The Hall–Kier alpha value is -1.45. The van der Waals surface area contributed by atoms with Crippen LogP contribution in [0.5, 0.6) is 5.75 Å². The van der Waals surface area contributed by atoms with Crippen LogP contribution >= 0.6 is 24.0 Å². The third kappa shape index (κ3) is 3.79. The normalized spacial score (nSPS) is 9.61. The summed E-state index contributed by atoms with van der Waals surface area (Å²) in [7, 11) is 0. The Balaban J connectivity index is 0.00000162. The SMILES string of the molecule is Cl.O=c1cc(CCl)[nH]cc1OCc1ccccc1. The van der Waals surface area contributed by atoms with Crippen LogP contribution in [0.4, 0.5) is 0 Å². The number of benzene rings is 1. The zero-order chi connectivity index (χ0) is 12.1. The van der Waals surface area contributed by atoms with Crippen molar-refractivity contribution in [2.24, 2.45) is 0 Å². The lowest BCUT2D eigenvalue weighted by molar-refractivity contribution is 0.302. The van der Waals surface area contributed by atoms with Gasteiger partial charge in [-0.25, -0.2) is 0 Å². The summed E-state index contributed by atoms with van der Waals surface area (Å²) in [6, 6.07) is 11.1. The van der Waals surface area contributed by atoms with Crippen molar-refractivity contribution in [2.75, 3.05) is 0 Å². The maximum atomic E-state index is 11.6. The number of aromatic amines is 1. The van der Waals surface area contributed by atoms with Gasteiger partial charge in [-0.2, -0.15) is 0 Å². The van der Waals surface area contributed by atoms with Gasteiger partial charge in [-0.3, -0.25) is 4.79 Å². The topological polar surface area (TPSA) is 42.1 Å². The molecule has 1 N–H and O–H groups in total. The van der Waals surface area contributed by atoms with Crippen LogP contribution in [-0.4, -0.2) is 4.98 Å². The highest BCUT2D eigenvalue weighted by Crippen LogP contribution is 2.07. The molecule has 18 heavy (non-hydrogen) atoms. The van der Waals surface area contributed by atoms with E-state index in [0.717, 1.165) is 5.56 Å². The van der Waals surface area contributed by atoms with E-state index < -0.39 is 0 Å². The second-order valence-electron chi connectivity index (χ2n) is 3.59. The molecule has 0 fully saturated rings. The third-order valence-electron chi connectivity index (χ3n) is 2.32. The molecule has 0 atom stereocenters. The lowest BCUT2D eigenvalue weighted by Crippen LogP contribution is -2.09. The largest absolute Gasteiger partial charge is 0.483 e. The highest BCUT2D eigenvalue weighted by Gasteiger charge is 2.02. The van der Waals surface area contributed by atoms with E-state index in [2.05, 4.69) is 4.98 Å². The molecule has 0 saturated heterocycles. The quantitative estimate of drug-likeness (QED) is 0.877.